The third-order valence-corrected chi connectivity index (χ3v) is 2.50. The lowest BCUT2D eigenvalue weighted by atomic mass is 10.2. The molecule has 0 fully saturated rings. The van der Waals surface area contributed by atoms with Gasteiger partial charge in [-0.1, -0.05) is 23.2 Å². The number of ether oxygens (including phenoxy) is 1. The van der Waals surface area contributed by atoms with Gasteiger partial charge in [-0.2, -0.15) is 0 Å². The summed E-state index contributed by atoms with van der Waals surface area (Å²) in [7, 11) is 1.14. The summed E-state index contributed by atoms with van der Waals surface area (Å²) in [5.74, 6) is -0.314. The van der Waals surface area contributed by atoms with E-state index in [9.17, 15) is 20.2 Å². The van der Waals surface area contributed by atoms with Crippen molar-refractivity contribution >= 4 is 34.6 Å². The maximum absolute atomic E-state index is 10.7. The molecule has 86 valence electrons. The summed E-state index contributed by atoms with van der Waals surface area (Å²) in [4.78, 5) is 19.4. The highest BCUT2D eigenvalue weighted by Crippen LogP contribution is 2.45. The van der Waals surface area contributed by atoms with Crippen molar-refractivity contribution in [1.82, 2.24) is 0 Å². The molecule has 9 heteroatoms. The van der Waals surface area contributed by atoms with Crippen molar-refractivity contribution in [3.63, 3.8) is 0 Å². The fourth-order valence-electron chi connectivity index (χ4n) is 1.08. The normalized spacial score (nSPS) is 9.94. The molecule has 0 spiro atoms. The highest BCUT2D eigenvalue weighted by molar-refractivity contribution is 6.43. The number of nitro benzene ring substituents is 2. The van der Waals surface area contributed by atoms with Gasteiger partial charge in [0.2, 0.25) is 5.75 Å². The monoisotopic (exact) mass is 266 g/mol. The Labute approximate surface area is 98.8 Å². The molecule has 7 nitrogen and oxygen atoms in total. The van der Waals surface area contributed by atoms with E-state index in [1.165, 1.54) is 0 Å². The van der Waals surface area contributed by atoms with Crippen LogP contribution in [0.4, 0.5) is 11.4 Å². The summed E-state index contributed by atoms with van der Waals surface area (Å²) in [6.07, 6.45) is 0. The molecule has 0 saturated carbocycles. The highest BCUT2D eigenvalue weighted by Gasteiger charge is 2.35. The van der Waals surface area contributed by atoms with Crippen LogP contribution < -0.4 is 4.74 Å². The second kappa shape index (κ2) is 4.50. The first-order valence-corrected chi connectivity index (χ1v) is 4.50. The molecule has 0 unspecified atom stereocenters. The SMILES string of the molecule is COc1cc(Cl)c(Cl)c([N+](=O)[O-])c1[N+](=O)[O-]. The van der Waals surface area contributed by atoms with Gasteiger partial charge in [0.25, 0.3) is 0 Å². The van der Waals surface area contributed by atoms with E-state index in [0.29, 0.717) is 0 Å². The zero-order valence-electron chi connectivity index (χ0n) is 7.77. The molecule has 0 saturated heterocycles. The molecule has 16 heavy (non-hydrogen) atoms. The molecule has 0 heterocycles. The van der Waals surface area contributed by atoms with Gasteiger partial charge in [0.05, 0.1) is 22.0 Å². The van der Waals surface area contributed by atoms with E-state index in [-0.39, 0.29) is 10.8 Å². The van der Waals surface area contributed by atoms with Gasteiger partial charge >= 0.3 is 11.4 Å². The topological polar surface area (TPSA) is 95.5 Å². The zero-order chi connectivity index (χ0) is 12.5. The second-order valence-electron chi connectivity index (χ2n) is 2.59. The van der Waals surface area contributed by atoms with E-state index in [4.69, 9.17) is 23.2 Å². The number of methoxy groups -OCH3 is 1. The van der Waals surface area contributed by atoms with Crippen LogP contribution in [0.25, 0.3) is 0 Å². The van der Waals surface area contributed by atoms with Crippen molar-refractivity contribution in [2.24, 2.45) is 0 Å². The predicted molar refractivity (Wildman–Crippen MR) is 56.3 cm³/mol. The summed E-state index contributed by atoms with van der Waals surface area (Å²) in [6, 6.07) is 1.05. The summed E-state index contributed by atoms with van der Waals surface area (Å²) in [5.41, 5.74) is -1.70. The van der Waals surface area contributed by atoms with Crippen LogP contribution in [0.15, 0.2) is 6.07 Å². The first-order valence-electron chi connectivity index (χ1n) is 3.75. The van der Waals surface area contributed by atoms with E-state index in [0.717, 1.165) is 13.2 Å². The first kappa shape index (κ1) is 12.5. The van der Waals surface area contributed by atoms with E-state index in [1.807, 2.05) is 0 Å². The Morgan fingerprint density at radius 3 is 2.06 bits per heavy atom. The Hall–Kier alpha value is -1.60. The number of hydrogen-bond acceptors (Lipinski definition) is 5. The molecule has 1 rings (SSSR count). The van der Waals surface area contributed by atoms with Crippen LogP contribution in [0.3, 0.4) is 0 Å². The lowest BCUT2D eigenvalue weighted by Gasteiger charge is -2.04. The minimum atomic E-state index is -0.977. The quantitative estimate of drug-likeness (QED) is 0.619. The molecule has 0 aliphatic carbocycles. The smallest absolute Gasteiger partial charge is 0.389 e. The van der Waals surface area contributed by atoms with Gasteiger partial charge < -0.3 is 4.74 Å². The number of benzene rings is 1. The maximum Gasteiger partial charge on any atom is 0.389 e. The Bertz CT molecular complexity index is 476. The number of hydrogen-bond donors (Lipinski definition) is 0. The number of nitro groups is 2. The van der Waals surface area contributed by atoms with Crippen LogP contribution >= 0.6 is 23.2 Å². The van der Waals surface area contributed by atoms with Crippen LogP contribution in [-0.2, 0) is 0 Å². The average Bonchev–Trinajstić information content (AvgIpc) is 2.19. The zero-order valence-corrected chi connectivity index (χ0v) is 9.28. The highest BCUT2D eigenvalue weighted by atomic mass is 35.5. The second-order valence-corrected chi connectivity index (χ2v) is 3.37. The van der Waals surface area contributed by atoms with E-state index >= 15 is 0 Å². The average molecular weight is 267 g/mol. The molecule has 1 aromatic carbocycles. The van der Waals surface area contributed by atoms with Crippen molar-refractivity contribution < 1.29 is 14.6 Å². The molecule has 0 radical (unpaired) electrons. The third kappa shape index (κ3) is 2.00. The van der Waals surface area contributed by atoms with Crippen molar-refractivity contribution in [2.45, 2.75) is 0 Å². The Kier molecular flexibility index (Phi) is 3.51. The molecule has 0 bridgehead atoms. The molecule has 0 amide bonds. The molecule has 0 aliphatic rings. The van der Waals surface area contributed by atoms with Gasteiger partial charge in [-0.05, 0) is 0 Å². The largest absolute Gasteiger partial charge is 0.490 e. The van der Waals surface area contributed by atoms with Gasteiger partial charge in [-0.15, -0.1) is 0 Å². The summed E-state index contributed by atoms with van der Waals surface area (Å²) >= 11 is 11.1. The predicted octanol–water partition coefficient (Wildman–Crippen LogP) is 2.82. The third-order valence-electron chi connectivity index (χ3n) is 1.72. The van der Waals surface area contributed by atoms with Crippen LogP contribution in [-0.4, -0.2) is 17.0 Å². The lowest BCUT2D eigenvalue weighted by molar-refractivity contribution is -0.422. The molecular formula is C7H4Cl2N2O5. The Balaban J connectivity index is 3.71. The summed E-state index contributed by atoms with van der Waals surface area (Å²) in [5, 5.41) is 20.7. The molecule has 0 aromatic heterocycles. The molecule has 0 N–H and O–H groups in total. The van der Waals surface area contributed by atoms with Crippen LogP contribution in [0.5, 0.6) is 5.75 Å². The first-order chi connectivity index (χ1) is 7.40. The Morgan fingerprint density at radius 1 is 1.19 bits per heavy atom. The van der Waals surface area contributed by atoms with Gasteiger partial charge in [-0.25, -0.2) is 0 Å². The van der Waals surface area contributed by atoms with Gasteiger partial charge in [-0.3, -0.25) is 20.2 Å². The van der Waals surface area contributed by atoms with E-state index < -0.39 is 26.2 Å². The summed E-state index contributed by atoms with van der Waals surface area (Å²) < 4.78 is 4.64. The van der Waals surface area contributed by atoms with Crippen molar-refractivity contribution in [2.75, 3.05) is 7.11 Å². The van der Waals surface area contributed by atoms with Crippen LogP contribution in [0.2, 0.25) is 10.0 Å². The van der Waals surface area contributed by atoms with E-state index in [2.05, 4.69) is 4.74 Å². The van der Waals surface area contributed by atoms with Crippen molar-refractivity contribution in [3.05, 3.63) is 36.3 Å². The minimum Gasteiger partial charge on any atom is -0.490 e. The minimum absolute atomic E-state index is 0.184. The number of nitrogens with zero attached hydrogens (tertiary/aromatic N) is 2. The maximum atomic E-state index is 10.7. The van der Waals surface area contributed by atoms with Gasteiger partial charge in [0.1, 0.15) is 5.02 Å². The van der Waals surface area contributed by atoms with Gasteiger partial charge in [0, 0.05) is 6.07 Å². The van der Waals surface area contributed by atoms with Crippen molar-refractivity contribution in [3.8, 4) is 5.75 Å². The molecule has 0 atom stereocenters. The molecule has 0 aliphatic heterocycles. The van der Waals surface area contributed by atoms with Crippen LogP contribution in [0, 0.1) is 20.2 Å². The van der Waals surface area contributed by atoms with Crippen molar-refractivity contribution in [1.29, 1.82) is 0 Å². The number of rotatable bonds is 3. The number of halogens is 2. The standard InChI is InChI=1S/C7H4Cl2N2O5/c1-16-4-2-3(8)5(9)7(11(14)15)6(4)10(12)13/h2H,1H3. The Morgan fingerprint density at radius 2 is 1.69 bits per heavy atom. The molecule has 1 aromatic rings. The lowest BCUT2D eigenvalue weighted by Crippen LogP contribution is -2.00. The van der Waals surface area contributed by atoms with Gasteiger partial charge in [0.15, 0.2) is 0 Å². The van der Waals surface area contributed by atoms with E-state index in [1.54, 1.807) is 0 Å². The summed E-state index contributed by atoms with van der Waals surface area (Å²) in [6.45, 7) is 0. The fourth-order valence-corrected chi connectivity index (χ4v) is 1.48. The fraction of sp³-hybridized carbons (Fsp3) is 0.143. The van der Waals surface area contributed by atoms with Crippen LogP contribution in [0.1, 0.15) is 0 Å². The molecular weight excluding hydrogens is 263 g/mol.